The van der Waals surface area contributed by atoms with E-state index in [4.69, 9.17) is 16.6 Å². The van der Waals surface area contributed by atoms with Gasteiger partial charge < -0.3 is 57.3 Å². The number of hydrogen-bond donors (Lipinski definition) is 9. The minimum absolute atomic E-state index is 0.0193. The number of aliphatic carboxylic acids is 3. The molecule has 0 aliphatic rings. The molecule has 5 atom stereocenters. The number of amides is 4. The fraction of sp³-hybridized carbons (Fsp3) is 0.425. The Balaban J connectivity index is 1.73. The van der Waals surface area contributed by atoms with Gasteiger partial charge >= 0.3 is 17.9 Å². The van der Waals surface area contributed by atoms with Crippen molar-refractivity contribution in [3.63, 3.8) is 0 Å². The molecule has 1 aromatic heterocycles. The Labute approximate surface area is 354 Å². The maximum Gasteiger partial charge on any atom is 0.328 e. The highest BCUT2D eigenvalue weighted by Gasteiger charge is 2.38. The van der Waals surface area contributed by atoms with Crippen LogP contribution in [-0.4, -0.2) is 127 Å². The van der Waals surface area contributed by atoms with E-state index in [1.54, 1.807) is 16.8 Å². The number of carboxylic acid groups (broad SMARTS) is 3. The molecule has 0 spiro atoms. The lowest BCUT2D eigenvalue weighted by Gasteiger charge is -2.41. The normalized spacial score (nSPS) is 13.8. The second-order valence-electron chi connectivity index (χ2n) is 15.1. The minimum atomic E-state index is -1.70. The number of carbonyl (C=O) groups excluding carboxylic acids is 4. The van der Waals surface area contributed by atoms with Crippen LogP contribution in [0.25, 0.3) is 11.1 Å². The molecule has 332 valence electrons. The summed E-state index contributed by atoms with van der Waals surface area (Å²) < 4.78 is 31.2. The number of aliphatic hydroxyl groups is 1. The molecule has 61 heavy (non-hydrogen) atoms. The molecule has 2 aromatic carbocycles. The van der Waals surface area contributed by atoms with Crippen molar-refractivity contribution in [2.75, 3.05) is 32.0 Å². The first kappa shape index (κ1) is 49.5. The molecular weight excluding hydrogens is 825 g/mol. The topological polar surface area (TPSA) is 297 Å². The van der Waals surface area contributed by atoms with Gasteiger partial charge in [-0.15, -0.1) is 11.8 Å². The van der Waals surface area contributed by atoms with Crippen LogP contribution in [0.3, 0.4) is 0 Å². The van der Waals surface area contributed by atoms with Gasteiger partial charge in [0.05, 0.1) is 18.6 Å². The van der Waals surface area contributed by atoms with Gasteiger partial charge in [-0.05, 0) is 41.7 Å². The second kappa shape index (κ2) is 22.6. The number of aliphatic hydroxyl groups excluding tert-OH is 1. The van der Waals surface area contributed by atoms with E-state index in [0.29, 0.717) is 23.0 Å². The highest BCUT2D eigenvalue weighted by atomic mass is 32.2. The van der Waals surface area contributed by atoms with Crippen molar-refractivity contribution in [1.29, 1.82) is 0 Å². The third-order valence-electron chi connectivity index (χ3n) is 9.26. The molecule has 0 bridgehead atoms. The van der Waals surface area contributed by atoms with Gasteiger partial charge in [0, 0.05) is 54.8 Å². The van der Waals surface area contributed by atoms with Crippen molar-refractivity contribution in [2.24, 2.45) is 16.9 Å². The van der Waals surface area contributed by atoms with Crippen LogP contribution in [0, 0.1) is 17.0 Å². The molecule has 1 heterocycles. The Bertz CT molecular complexity index is 2050. The molecule has 3 aromatic rings. The fourth-order valence-electron chi connectivity index (χ4n) is 6.19. The van der Waals surface area contributed by atoms with Crippen LogP contribution in [0.4, 0.5) is 8.78 Å². The highest BCUT2D eigenvalue weighted by Crippen LogP contribution is 2.41. The largest absolute Gasteiger partial charge is 0.480 e. The molecule has 0 aliphatic heterocycles. The molecule has 0 saturated carbocycles. The third-order valence-corrected chi connectivity index (χ3v) is 10.6. The van der Waals surface area contributed by atoms with E-state index in [0.717, 1.165) is 23.8 Å². The van der Waals surface area contributed by atoms with E-state index in [1.165, 1.54) is 4.90 Å². The van der Waals surface area contributed by atoms with Gasteiger partial charge in [0.2, 0.25) is 23.6 Å². The third kappa shape index (κ3) is 15.0. The predicted molar refractivity (Wildman–Crippen MR) is 219 cm³/mol. The summed E-state index contributed by atoms with van der Waals surface area (Å²) in [5, 5.41) is 43.4. The summed E-state index contributed by atoms with van der Waals surface area (Å²) in [6.45, 7) is 3.24. The fourth-order valence-corrected chi connectivity index (χ4v) is 7.19. The van der Waals surface area contributed by atoms with E-state index in [-0.39, 0.29) is 30.8 Å². The summed E-state index contributed by atoms with van der Waals surface area (Å²) in [6, 6.07) is 8.59. The Morgan fingerprint density at radius 1 is 0.869 bits per heavy atom. The number of carbonyl (C=O) groups is 7. The summed E-state index contributed by atoms with van der Waals surface area (Å²) in [5.41, 5.74) is 12.4. The molecule has 3 rings (SSSR count). The van der Waals surface area contributed by atoms with Crippen molar-refractivity contribution in [3.8, 4) is 11.1 Å². The zero-order chi connectivity index (χ0) is 45.6. The first-order chi connectivity index (χ1) is 28.6. The Morgan fingerprint density at radius 2 is 1.54 bits per heavy atom. The Kier molecular flexibility index (Phi) is 18.4. The van der Waals surface area contributed by atoms with Gasteiger partial charge in [-0.25, -0.2) is 13.6 Å². The average molecular weight is 876 g/mol. The second-order valence-corrected chi connectivity index (χ2v) is 16.3. The standard InChI is InChI=1S/C40H51F2N7O11S/c1-40(2,3)35(30-13-23(25-14-24(41)9-10-26(25)42)19-48(30)18-22-7-5-4-6-8-22)49(34(53)20-50)12-11-27(43)36(54)47-29(38(57)58)16-45-33(52)17-46-32(51)15-31(39(59)60)61-21-28(44)37(55)56/h4-10,13-14,19,27-29,31,35,50H,11-12,15-18,20-21,43-44H2,1-3H3,(H,45,52)(H,46,51)(H,47,54)(H,55,56)(H,57,58)(H,59,60)/t27-,28-,29+,31?,35-/m0/s1. The first-order valence-corrected chi connectivity index (χ1v) is 19.9. The molecule has 18 nitrogen and oxygen atoms in total. The summed E-state index contributed by atoms with van der Waals surface area (Å²) >= 11 is 0.628. The van der Waals surface area contributed by atoms with Crippen molar-refractivity contribution in [3.05, 3.63) is 83.7 Å². The van der Waals surface area contributed by atoms with Crippen LogP contribution < -0.4 is 27.4 Å². The molecule has 11 N–H and O–H groups in total. The summed E-state index contributed by atoms with van der Waals surface area (Å²) in [4.78, 5) is 87.1. The van der Waals surface area contributed by atoms with E-state index >= 15 is 4.39 Å². The minimum Gasteiger partial charge on any atom is -0.480 e. The van der Waals surface area contributed by atoms with Gasteiger partial charge in [-0.2, -0.15) is 0 Å². The Morgan fingerprint density at radius 3 is 2.13 bits per heavy atom. The highest BCUT2D eigenvalue weighted by molar-refractivity contribution is 8.00. The summed E-state index contributed by atoms with van der Waals surface area (Å²) in [6.07, 6.45) is 0.771. The number of thioether (sulfide) groups is 1. The van der Waals surface area contributed by atoms with Crippen molar-refractivity contribution in [2.45, 2.75) is 69.6 Å². The molecule has 0 saturated heterocycles. The predicted octanol–water partition coefficient (Wildman–Crippen LogP) is 0.897. The van der Waals surface area contributed by atoms with Crippen molar-refractivity contribution >= 4 is 53.3 Å². The van der Waals surface area contributed by atoms with Crippen LogP contribution in [0.5, 0.6) is 0 Å². The first-order valence-electron chi connectivity index (χ1n) is 18.9. The van der Waals surface area contributed by atoms with Crippen LogP contribution in [0.2, 0.25) is 0 Å². The number of halogens is 2. The van der Waals surface area contributed by atoms with Gasteiger partial charge in [-0.3, -0.25) is 28.8 Å². The van der Waals surface area contributed by atoms with Crippen LogP contribution >= 0.6 is 11.8 Å². The number of nitrogens with two attached hydrogens (primary N) is 2. The van der Waals surface area contributed by atoms with Gasteiger partial charge in [0.25, 0.3) is 0 Å². The van der Waals surface area contributed by atoms with Crippen molar-refractivity contribution < 1.29 is 62.8 Å². The van der Waals surface area contributed by atoms with Crippen LogP contribution in [0.1, 0.15) is 50.9 Å². The average Bonchev–Trinajstić information content (AvgIpc) is 3.60. The van der Waals surface area contributed by atoms with Crippen molar-refractivity contribution in [1.82, 2.24) is 25.4 Å². The molecule has 0 aliphatic carbocycles. The number of nitrogens with one attached hydrogen (secondary N) is 3. The maximum absolute atomic E-state index is 15.1. The number of rotatable bonds is 23. The van der Waals surface area contributed by atoms with Gasteiger partial charge in [-0.1, -0.05) is 51.1 Å². The van der Waals surface area contributed by atoms with Gasteiger partial charge in [0.15, 0.2) is 0 Å². The summed E-state index contributed by atoms with van der Waals surface area (Å²) in [5.74, 6) is -9.43. The molecule has 4 amide bonds. The Hall–Kier alpha value is -5.90. The number of aromatic nitrogens is 1. The zero-order valence-corrected chi connectivity index (χ0v) is 34.5. The van der Waals surface area contributed by atoms with Crippen LogP contribution in [-0.2, 0) is 40.1 Å². The van der Waals surface area contributed by atoms with E-state index in [2.05, 4.69) is 16.0 Å². The van der Waals surface area contributed by atoms with Gasteiger partial charge in [0.1, 0.15) is 35.6 Å². The number of hydrogen-bond acceptors (Lipinski definition) is 11. The molecule has 1 unspecified atom stereocenters. The van der Waals surface area contributed by atoms with Crippen LogP contribution in [0.15, 0.2) is 60.8 Å². The lowest BCUT2D eigenvalue weighted by molar-refractivity contribution is -0.142. The van der Waals surface area contributed by atoms with E-state index < -0.39 is 114 Å². The SMILES string of the molecule is CC(C)(C)[C@H](c1cc(-c2cc(F)ccc2F)cn1Cc1ccccc1)N(CC[C@H](N)C(=O)N[C@H](CNC(=O)CNC(=O)CC(SC[C@H](N)C(=O)O)C(=O)O)C(=O)O)C(=O)CO. The quantitative estimate of drug-likeness (QED) is 0.0640. The van der Waals surface area contributed by atoms with E-state index in [9.17, 15) is 53.3 Å². The lowest BCUT2D eigenvalue weighted by Crippen LogP contribution is -2.54. The maximum atomic E-state index is 15.1. The van der Waals surface area contributed by atoms with E-state index in [1.807, 2.05) is 51.1 Å². The molecular formula is C40H51F2N7O11S. The zero-order valence-electron chi connectivity index (χ0n) is 33.7. The number of benzene rings is 2. The number of carboxylic acids is 3. The smallest absolute Gasteiger partial charge is 0.328 e. The molecule has 0 radical (unpaired) electrons. The molecule has 0 fully saturated rings. The molecule has 21 heteroatoms. The summed E-state index contributed by atoms with van der Waals surface area (Å²) in [7, 11) is 0. The number of nitrogens with zero attached hydrogens (tertiary/aromatic N) is 2. The monoisotopic (exact) mass is 875 g/mol. The lowest BCUT2D eigenvalue weighted by atomic mass is 9.82.